The number of carboxylic acid groups (broad SMARTS) is 1. The molecule has 2 atom stereocenters. The van der Waals surface area contributed by atoms with Crippen LogP contribution in [0.1, 0.15) is 106 Å². The molecule has 0 bridgehead atoms. The molecule has 1 aliphatic rings. The van der Waals surface area contributed by atoms with Crippen molar-refractivity contribution in [2.75, 3.05) is 19.7 Å². The summed E-state index contributed by atoms with van der Waals surface area (Å²) < 4.78 is 5.90. The number of nitrogens with one attached hydrogen (secondary N) is 2. The fourth-order valence-corrected chi connectivity index (χ4v) is 7.54. The molecule has 2 aromatic carbocycles. The zero-order chi connectivity index (χ0) is 40.1. The second-order valence-corrected chi connectivity index (χ2v) is 16.6. The van der Waals surface area contributed by atoms with Crippen molar-refractivity contribution >= 4 is 35.0 Å². The molecule has 0 aliphatic carbocycles. The van der Waals surface area contributed by atoms with E-state index < -0.39 is 42.2 Å². The van der Waals surface area contributed by atoms with E-state index in [0.717, 1.165) is 58.6 Å². The van der Waals surface area contributed by atoms with Gasteiger partial charge in [0.15, 0.2) is 5.82 Å². The number of thiophene rings is 1. The van der Waals surface area contributed by atoms with Gasteiger partial charge in [0.1, 0.15) is 17.8 Å². The Hall–Kier alpha value is -5.10. The van der Waals surface area contributed by atoms with Crippen LogP contribution in [0.4, 0.5) is 0 Å². The number of hydrogen-bond acceptors (Lipinski definition) is 8. The van der Waals surface area contributed by atoms with Crippen LogP contribution in [0.15, 0.2) is 73.1 Å². The Labute approximate surface area is 334 Å². The van der Waals surface area contributed by atoms with Gasteiger partial charge in [0, 0.05) is 47.9 Å². The highest BCUT2D eigenvalue weighted by Gasteiger charge is 2.32. The lowest BCUT2D eigenvalue weighted by molar-refractivity contribution is -0.144. The van der Waals surface area contributed by atoms with Crippen molar-refractivity contribution in [2.45, 2.75) is 109 Å². The largest absolute Gasteiger partial charge is 0.494 e. The zero-order valence-electron chi connectivity index (χ0n) is 33.0. The molecule has 4 aromatic rings. The molecular formula is C44H55N5O6S. The second-order valence-electron chi connectivity index (χ2n) is 15.5. The number of ether oxygens (including phenoxy) is 1. The van der Waals surface area contributed by atoms with Crippen molar-refractivity contribution in [1.82, 2.24) is 25.5 Å². The van der Waals surface area contributed by atoms with Gasteiger partial charge in [-0.2, -0.15) is 0 Å². The van der Waals surface area contributed by atoms with E-state index in [-0.39, 0.29) is 11.8 Å². The Kier molecular flexibility index (Phi) is 15.2. The van der Waals surface area contributed by atoms with Crippen LogP contribution >= 0.6 is 11.3 Å². The van der Waals surface area contributed by atoms with Crippen LogP contribution in [0.5, 0.6) is 5.75 Å². The summed E-state index contributed by atoms with van der Waals surface area (Å²) in [5, 5.41) is 15.2. The zero-order valence-corrected chi connectivity index (χ0v) is 33.8. The van der Waals surface area contributed by atoms with E-state index in [1.54, 1.807) is 23.4 Å². The maximum absolute atomic E-state index is 13.9. The third-order valence-corrected chi connectivity index (χ3v) is 11.4. The molecule has 0 spiro atoms. The SMILES string of the molecule is CCCCCCCOc1ccc(-c2cnc(-c3ccc(CC(NC(=O)c4ccc(C(C)(C)C)s4)C(=O)NC(CC(=O)O)C(=O)N4CCCCC4)cc3)nc2)cc1. The summed E-state index contributed by atoms with van der Waals surface area (Å²) in [6, 6.07) is 16.6. The van der Waals surface area contributed by atoms with E-state index in [1.165, 1.54) is 37.0 Å². The third kappa shape index (κ3) is 12.2. The van der Waals surface area contributed by atoms with Crippen molar-refractivity contribution < 1.29 is 29.0 Å². The van der Waals surface area contributed by atoms with E-state index in [0.29, 0.717) is 30.4 Å². The van der Waals surface area contributed by atoms with E-state index in [4.69, 9.17) is 4.74 Å². The van der Waals surface area contributed by atoms with E-state index in [1.807, 2.05) is 54.6 Å². The smallest absolute Gasteiger partial charge is 0.305 e. The van der Waals surface area contributed by atoms with Crippen molar-refractivity contribution in [2.24, 2.45) is 0 Å². The number of aliphatic carboxylic acids is 1. The summed E-state index contributed by atoms with van der Waals surface area (Å²) in [4.78, 5) is 64.9. The number of benzene rings is 2. The van der Waals surface area contributed by atoms with Crippen LogP contribution in [0.25, 0.3) is 22.5 Å². The second kappa shape index (κ2) is 20.2. The van der Waals surface area contributed by atoms with Crippen molar-refractivity contribution in [1.29, 1.82) is 0 Å². The van der Waals surface area contributed by atoms with Gasteiger partial charge in [0.25, 0.3) is 5.91 Å². The van der Waals surface area contributed by atoms with Gasteiger partial charge in [0.05, 0.1) is 17.9 Å². The van der Waals surface area contributed by atoms with E-state index in [2.05, 4.69) is 48.3 Å². The van der Waals surface area contributed by atoms with Crippen LogP contribution in [0.2, 0.25) is 0 Å². The number of aromatic nitrogens is 2. The monoisotopic (exact) mass is 781 g/mol. The summed E-state index contributed by atoms with van der Waals surface area (Å²) in [7, 11) is 0. The molecule has 11 nitrogen and oxygen atoms in total. The predicted molar refractivity (Wildman–Crippen MR) is 220 cm³/mol. The van der Waals surface area contributed by atoms with Crippen LogP contribution < -0.4 is 15.4 Å². The number of nitrogens with zero attached hydrogens (tertiary/aromatic N) is 3. The number of carbonyl (C=O) groups excluding carboxylic acids is 3. The Morgan fingerprint density at radius 1 is 0.804 bits per heavy atom. The van der Waals surface area contributed by atoms with E-state index in [9.17, 15) is 24.3 Å². The molecule has 298 valence electrons. The number of likely N-dealkylation sites (tertiary alicyclic amines) is 1. The van der Waals surface area contributed by atoms with Gasteiger partial charge in [-0.1, -0.05) is 89.8 Å². The van der Waals surface area contributed by atoms with Gasteiger partial charge < -0.3 is 25.4 Å². The summed E-state index contributed by atoms with van der Waals surface area (Å²) in [6.07, 6.45) is 11.7. The first-order valence-corrected chi connectivity index (χ1v) is 20.6. The Morgan fingerprint density at radius 2 is 1.46 bits per heavy atom. The standard InChI is InChI=1S/C44H55N5O6S/c1-5-6-7-8-12-25-55-34-19-17-31(18-20-34)33-28-45-40(46-29-33)32-15-13-30(14-16-32)26-35(47-42(53)37-21-22-38(56-37)44(2,3)4)41(52)48-36(27-39(50)51)43(54)49-23-10-9-11-24-49/h13-22,28-29,35-36H,5-12,23-27H2,1-4H3,(H,47,53)(H,48,52)(H,50,51). The third-order valence-electron chi connectivity index (χ3n) is 9.86. The van der Waals surface area contributed by atoms with Crippen LogP contribution in [0.3, 0.4) is 0 Å². The predicted octanol–water partition coefficient (Wildman–Crippen LogP) is 7.83. The number of carbonyl (C=O) groups is 4. The molecule has 3 heterocycles. The van der Waals surface area contributed by atoms with Crippen LogP contribution in [-0.4, -0.2) is 75.4 Å². The number of carboxylic acids is 1. The molecule has 1 aliphatic heterocycles. The van der Waals surface area contributed by atoms with Gasteiger partial charge in [-0.3, -0.25) is 19.2 Å². The van der Waals surface area contributed by atoms with Gasteiger partial charge in [-0.05, 0) is 66.5 Å². The number of rotatable bonds is 18. The minimum atomic E-state index is -1.26. The molecule has 2 aromatic heterocycles. The summed E-state index contributed by atoms with van der Waals surface area (Å²) >= 11 is 1.36. The van der Waals surface area contributed by atoms with Gasteiger partial charge in [0.2, 0.25) is 11.8 Å². The fourth-order valence-electron chi connectivity index (χ4n) is 6.57. The molecule has 0 saturated carbocycles. The van der Waals surface area contributed by atoms with E-state index >= 15 is 0 Å². The average Bonchev–Trinajstić information content (AvgIpc) is 3.71. The number of unbranched alkanes of at least 4 members (excludes halogenated alkanes) is 4. The van der Waals surface area contributed by atoms with Crippen LogP contribution in [0, 0.1) is 0 Å². The molecule has 5 rings (SSSR count). The van der Waals surface area contributed by atoms with Gasteiger partial charge >= 0.3 is 5.97 Å². The molecule has 0 radical (unpaired) electrons. The van der Waals surface area contributed by atoms with Crippen molar-refractivity contribution in [3.8, 4) is 28.3 Å². The Bertz CT molecular complexity index is 1900. The molecule has 56 heavy (non-hydrogen) atoms. The maximum Gasteiger partial charge on any atom is 0.305 e. The highest BCUT2D eigenvalue weighted by atomic mass is 32.1. The van der Waals surface area contributed by atoms with Gasteiger partial charge in [-0.15, -0.1) is 11.3 Å². The summed E-state index contributed by atoms with van der Waals surface area (Å²) in [5.74, 6) is -1.31. The molecule has 3 amide bonds. The van der Waals surface area contributed by atoms with Crippen molar-refractivity contribution in [3.05, 3.63) is 88.4 Å². The molecule has 1 fully saturated rings. The lowest BCUT2D eigenvalue weighted by Crippen LogP contribution is -2.56. The van der Waals surface area contributed by atoms with Crippen molar-refractivity contribution in [3.63, 3.8) is 0 Å². The van der Waals surface area contributed by atoms with Crippen LogP contribution in [-0.2, 0) is 26.2 Å². The average molecular weight is 782 g/mol. The Balaban J connectivity index is 1.27. The minimum Gasteiger partial charge on any atom is -0.494 e. The molecule has 2 unspecified atom stereocenters. The highest BCUT2D eigenvalue weighted by molar-refractivity contribution is 7.14. The first kappa shape index (κ1) is 42.1. The summed E-state index contributed by atoms with van der Waals surface area (Å²) in [5.41, 5.74) is 3.22. The highest BCUT2D eigenvalue weighted by Crippen LogP contribution is 2.30. The maximum atomic E-state index is 13.9. The lowest BCUT2D eigenvalue weighted by atomic mass is 9.95. The number of amides is 3. The first-order chi connectivity index (χ1) is 26.9. The normalized spacial score (nSPS) is 14.1. The quantitative estimate of drug-likeness (QED) is 0.0865. The first-order valence-electron chi connectivity index (χ1n) is 19.8. The number of piperidine rings is 1. The molecule has 3 N–H and O–H groups in total. The fraction of sp³-hybridized carbons (Fsp3) is 0.455. The number of hydrogen-bond donors (Lipinski definition) is 3. The lowest BCUT2D eigenvalue weighted by Gasteiger charge is -2.31. The topological polar surface area (TPSA) is 151 Å². The Morgan fingerprint density at radius 3 is 2.09 bits per heavy atom. The summed E-state index contributed by atoms with van der Waals surface area (Å²) in [6.45, 7) is 10.1. The molecular weight excluding hydrogens is 727 g/mol. The minimum absolute atomic E-state index is 0.103. The molecule has 1 saturated heterocycles. The molecule has 12 heteroatoms. The van der Waals surface area contributed by atoms with Gasteiger partial charge in [-0.25, -0.2) is 9.97 Å².